The van der Waals surface area contributed by atoms with Crippen LogP contribution in [0.5, 0.6) is 11.5 Å². The topological polar surface area (TPSA) is 67.7 Å². The minimum absolute atomic E-state index is 0.0478. The van der Waals surface area contributed by atoms with Gasteiger partial charge in [-0.3, -0.25) is 4.79 Å². The molecule has 0 unspecified atom stereocenters. The molecule has 4 heterocycles. The number of aromatic amines is 1. The summed E-state index contributed by atoms with van der Waals surface area (Å²) in [4.78, 5) is 19.2. The summed E-state index contributed by atoms with van der Waals surface area (Å²) in [7, 11) is 3.16. The largest absolute Gasteiger partial charge is 0.493 e. The van der Waals surface area contributed by atoms with Gasteiger partial charge in [-0.15, -0.1) is 0 Å². The molecule has 0 fully saturated rings. The van der Waals surface area contributed by atoms with Crippen LogP contribution in [0.3, 0.4) is 0 Å². The molecule has 6 nitrogen and oxygen atoms in total. The number of amides is 1. The summed E-state index contributed by atoms with van der Waals surface area (Å²) in [6.45, 7) is 2.48. The van der Waals surface area contributed by atoms with Crippen molar-refractivity contribution >= 4 is 16.8 Å². The van der Waals surface area contributed by atoms with Gasteiger partial charge in [0.25, 0.3) is 5.91 Å². The first-order valence-corrected chi connectivity index (χ1v) is 10.3. The number of aromatic nitrogens is 1. The smallest absolute Gasteiger partial charge is 0.259 e. The third-order valence-corrected chi connectivity index (χ3v) is 6.54. The molecule has 2 aromatic heterocycles. The SMILES string of the molecule is COc1ccc2c(c1OC)C(=O)N1C[C@H](c3ccc(C)o3)c3c([nH]c4ccccc34)[C@@H]21. The Hall–Kier alpha value is -3.67. The monoisotopic (exact) mass is 414 g/mol. The van der Waals surface area contributed by atoms with Crippen LogP contribution in [0, 0.1) is 6.92 Å². The molecule has 1 amide bonds. The second-order valence-electron chi connectivity index (χ2n) is 8.12. The van der Waals surface area contributed by atoms with E-state index in [0.717, 1.165) is 33.7 Å². The number of nitrogens with one attached hydrogen (secondary N) is 1. The van der Waals surface area contributed by atoms with Crippen LogP contribution in [0.2, 0.25) is 0 Å². The first-order valence-electron chi connectivity index (χ1n) is 10.3. The second-order valence-corrected chi connectivity index (χ2v) is 8.12. The molecule has 0 spiro atoms. The van der Waals surface area contributed by atoms with E-state index in [1.807, 2.05) is 42.2 Å². The molecule has 0 bridgehead atoms. The van der Waals surface area contributed by atoms with Gasteiger partial charge in [0.2, 0.25) is 0 Å². The van der Waals surface area contributed by atoms with E-state index in [-0.39, 0.29) is 17.9 Å². The van der Waals surface area contributed by atoms with E-state index >= 15 is 0 Å². The maximum absolute atomic E-state index is 13.6. The quantitative estimate of drug-likeness (QED) is 0.524. The van der Waals surface area contributed by atoms with Crippen LogP contribution in [-0.4, -0.2) is 36.6 Å². The standard InChI is InChI=1S/C25H22N2O4/c1-13-8-10-18(31-13)16-12-27-23(22-20(16)14-6-4-5-7-17(14)26-22)15-9-11-19(29-2)24(30-3)21(15)25(27)28/h4-11,16,23,26H,12H2,1-3H3/t16-,23-/m1/s1. The fourth-order valence-electron chi connectivity index (χ4n) is 5.26. The van der Waals surface area contributed by atoms with Crippen LogP contribution in [0.4, 0.5) is 0 Å². The van der Waals surface area contributed by atoms with Crippen LogP contribution < -0.4 is 9.47 Å². The lowest BCUT2D eigenvalue weighted by atomic mass is 9.85. The lowest BCUT2D eigenvalue weighted by Crippen LogP contribution is -2.37. The summed E-state index contributed by atoms with van der Waals surface area (Å²) in [5.74, 6) is 2.68. The summed E-state index contributed by atoms with van der Waals surface area (Å²) in [5.41, 5.74) is 4.80. The van der Waals surface area contributed by atoms with Crippen molar-refractivity contribution in [1.82, 2.24) is 9.88 Å². The lowest BCUT2D eigenvalue weighted by molar-refractivity contribution is 0.0721. The van der Waals surface area contributed by atoms with Gasteiger partial charge in [0.1, 0.15) is 11.5 Å². The average Bonchev–Trinajstić information content (AvgIpc) is 3.47. The Labute approximate surface area is 179 Å². The van der Waals surface area contributed by atoms with Crippen LogP contribution in [0.25, 0.3) is 10.9 Å². The molecule has 1 N–H and O–H groups in total. The van der Waals surface area contributed by atoms with Gasteiger partial charge in [0.05, 0.1) is 31.7 Å². The number of fused-ring (bicyclic) bond motifs is 7. The predicted molar refractivity (Wildman–Crippen MR) is 116 cm³/mol. The van der Waals surface area contributed by atoms with Crippen LogP contribution >= 0.6 is 0 Å². The van der Waals surface area contributed by atoms with Crippen molar-refractivity contribution in [3.63, 3.8) is 0 Å². The highest BCUT2D eigenvalue weighted by molar-refractivity contribution is 6.04. The molecular weight excluding hydrogens is 392 g/mol. The Morgan fingerprint density at radius 3 is 2.65 bits per heavy atom. The zero-order valence-corrected chi connectivity index (χ0v) is 17.6. The highest BCUT2D eigenvalue weighted by atomic mass is 16.5. The number of hydrogen-bond acceptors (Lipinski definition) is 4. The molecule has 2 aromatic carbocycles. The maximum Gasteiger partial charge on any atom is 0.259 e. The van der Waals surface area contributed by atoms with E-state index < -0.39 is 0 Å². The van der Waals surface area contributed by atoms with E-state index in [0.29, 0.717) is 23.6 Å². The van der Waals surface area contributed by atoms with Gasteiger partial charge < -0.3 is 23.8 Å². The van der Waals surface area contributed by atoms with Crippen molar-refractivity contribution in [3.05, 3.63) is 82.4 Å². The minimum atomic E-state index is -0.197. The number of furan rings is 1. The van der Waals surface area contributed by atoms with Gasteiger partial charge in [-0.25, -0.2) is 0 Å². The molecule has 31 heavy (non-hydrogen) atoms. The summed E-state index contributed by atoms with van der Waals surface area (Å²) >= 11 is 0. The first-order chi connectivity index (χ1) is 15.1. The number of benzene rings is 2. The molecule has 2 atom stereocenters. The highest BCUT2D eigenvalue weighted by Crippen LogP contribution is 2.52. The Morgan fingerprint density at radius 1 is 1.06 bits per heavy atom. The van der Waals surface area contributed by atoms with Gasteiger partial charge in [0, 0.05) is 23.1 Å². The number of nitrogens with zero attached hydrogens (tertiary/aromatic N) is 1. The molecular formula is C25H22N2O4. The van der Waals surface area contributed by atoms with Gasteiger partial charge in [-0.1, -0.05) is 24.3 Å². The number of methoxy groups -OCH3 is 2. The molecule has 4 aromatic rings. The summed E-state index contributed by atoms with van der Waals surface area (Å²) in [6, 6.07) is 15.9. The van der Waals surface area contributed by atoms with Gasteiger partial charge in [-0.2, -0.15) is 0 Å². The Kier molecular flexibility index (Phi) is 3.75. The van der Waals surface area contributed by atoms with Crippen molar-refractivity contribution in [3.8, 4) is 11.5 Å². The molecule has 0 radical (unpaired) electrons. The molecule has 6 heteroatoms. The number of rotatable bonds is 3. The third-order valence-electron chi connectivity index (χ3n) is 6.54. The number of aryl methyl sites for hydroxylation is 1. The second kappa shape index (κ2) is 6.41. The van der Waals surface area contributed by atoms with Crippen molar-refractivity contribution in [2.75, 3.05) is 20.8 Å². The third kappa shape index (κ3) is 2.36. The Bertz CT molecular complexity index is 1350. The van der Waals surface area contributed by atoms with Gasteiger partial charge >= 0.3 is 0 Å². The number of hydrogen-bond donors (Lipinski definition) is 1. The molecule has 156 valence electrons. The molecule has 2 aliphatic heterocycles. The van der Waals surface area contributed by atoms with Crippen molar-refractivity contribution in [1.29, 1.82) is 0 Å². The summed E-state index contributed by atoms with van der Waals surface area (Å²) in [6.07, 6.45) is 0. The van der Waals surface area contributed by atoms with Crippen LogP contribution in [0.15, 0.2) is 52.9 Å². The number of H-pyrrole nitrogens is 1. The van der Waals surface area contributed by atoms with Crippen molar-refractivity contribution in [2.24, 2.45) is 0 Å². The average molecular weight is 414 g/mol. The predicted octanol–water partition coefficient (Wildman–Crippen LogP) is 4.78. The molecule has 2 aliphatic rings. The van der Waals surface area contributed by atoms with Gasteiger partial charge in [-0.05, 0) is 42.3 Å². The molecule has 6 rings (SSSR count). The van der Waals surface area contributed by atoms with Crippen molar-refractivity contribution < 1.29 is 18.7 Å². The van der Waals surface area contributed by atoms with Gasteiger partial charge in [0.15, 0.2) is 11.5 Å². The number of para-hydroxylation sites is 1. The number of ether oxygens (including phenoxy) is 2. The zero-order chi connectivity index (χ0) is 21.3. The minimum Gasteiger partial charge on any atom is -0.493 e. The van der Waals surface area contributed by atoms with Crippen molar-refractivity contribution in [2.45, 2.75) is 18.9 Å². The highest BCUT2D eigenvalue weighted by Gasteiger charge is 2.48. The van der Waals surface area contributed by atoms with E-state index in [1.54, 1.807) is 14.2 Å². The Balaban J connectivity index is 1.63. The van der Waals surface area contributed by atoms with Crippen LogP contribution in [0.1, 0.15) is 50.7 Å². The fourth-order valence-corrected chi connectivity index (χ4v) is 5.26. The zero-order valence-electron chi connectivity index (χ0n) is 17.6. The maximum atomic E-state index is 13.6. The fraction of sp³-hybridized carbons (Fsp3) is 0.240. The Morgan fingerprint density at radius 2 is 1.90 bits per heavy atom. The number of carbonyl (C=O) groups is 1. The number of carbonyl (C=O) groups excluding carboxylic acids is 1. The molecule has 0 saturated heterocycles. The first kappa shape index (κ1) is 18.1. The molecule has 0 saturated carbocycles. The van der Waals surface area contributed by atoms with E-state index in [9.17, 15) is 4.79 Å². The van der Waals surface area contributed by atoms with E-state index in [1.165, 1.54) is 5.56 Å². The van der Waals surface area contributed by atoms with Crippen LogP contribution in [-0.2, 0) is 0 Å². The van der Waals surface area contributed by atoms with E-state index in [2.05, 4.69) is 23.2 Å². The summed E-state index contributed by atoms with van der Waals surface area (Å²) in [5, 5.41) is 1.16. The molecule has 0 aliphatic carbocycles. The summed E-state index contributed by atoms with van der Waals surface area (Å²) < 4.78 is 17.1. The van der Waals surface area contributed by atoms with E-state index in [4.69, 9.17) is 13.9 Å². The lowest BCUT2D eigenvalue weighted by Gasteiger charge is -2.35. The normalized spacial score (nSPS) is 19.3.